The maximum absolute atomic E-state index is 5.93. The van der Waals surface area contributed by atoms with Gasteiger partial charge in [0.05, 0.1) is 5.75 Å². The number of aryl methyl sites for hydroxylation is 1. The Kier molecular flexibility index (Phi) is 5.97. The van der Waals surface area contributed by atoms with Crippen molar-refractivity contribution >= 4 is 23.4 Å². The highest BCUT2D eigenvalue weighted by Gasteiger charge is 2.16. The van der Waals surface area contributed by atoms with Crippen LogP contribution in [0.25, 0.3) is 22.8 Å². The summed E-state index contributed by atoms with van der Waals surface area (Å²) < 4.78 is 7.55. The van der Waals surface area contributed by atoms with Crippen molar-refractivity contribution in [1.29, 1.82) is 0 Å². The van der Waals surface area contributed by atoms with Gasteiger partial charge in [-0.1, -0.05) is 59.2 Å². The van der Waals surface area contributed by atoms with Gasteiger partial charge in [0.25, 0.3) is 0 Å². The third kappa shape index (κ3) is 4.52. The summed E-state index contributed by atoms with van der Waals surface area (Å²) in [6.45, 7) is 5.07. The molecule has 0 fully saturated rings. The first kappa shape index (κ1) is 19.7. The van der Waals surface area contributed by atoms with Gasteiger partial charge in [-0.25, -0.2) is 0 Å². The first-order valence-corrected chi connectivity index (χ1v) is 10.7. The first-order chi connectivity index (χ1) is 14.1. The van der Waals surface area contributed by atoms with Crippen LogP contribution in [0, 0.1) is 6.92 Å². The molecule has 0 aliphatic heterocycles. The van der Waals surface area contributed by atoms with Gasteiger partial charge in [0.1, 0.15) is 0 Å². The van der Waals surface area contributed by atoms with E-state index >= 15 is 0 Å². The van der Waals surface area contributed by atoms with Gasteiger partial charge < -0.3 is 9.09 Å². The molecule has 0 aliphatic carbocycles. The molecule has 0 saturated carbocycles. The van der Waals surface area contributed by atoms with Gasteiger partial charge in [-0.05, 0) is 43.7 Å². The first-order valence-electron chi connectivity index (χ1n) is 9.35. The second-order valence-corrected chi connectivity index (χ2v) is 8.01. The van der Waals surface area contributed by atoms with Crippen LogP contribution in [0.15, 0.2) is 58.2 Å². The number of hydrogen-bond acceptors (Lipinski definition) is 6. The minimum absolute atomic E-state index is 0.524. The highest BCUT2D eigenvalue weighted by Crippen LogP contribution is 2.27. The minimum Gasteiger partial charge on any atom is -0.338 e. The van der Waals surface area contributed by atoms with Crippen molar-refractivity contribution < 1.29 is 4.52 Å². The molecule has 6 nitrogen and oxygen atoms in total. The smallest absolute Gasteiger partial charge is 0.237 e. The van der Waals surface area contributed by atoms with E-state index in [-0.39, 0.29) is 0 Å². The van der Waals surface area contributed by atoms with Crippen molar-refractivity contribution in [3.05, 3.63) is 65.0 Å². The summed E-state index contributed by atoms with van der Waals surface area (Å²) in [6, 6.07) is 15.7. The van der Waals surface area contributed by atoms with Gasteiger partial charge in [-0.3, -0.25) is 0 Å². The summed E-state index contributed by atoms with van der Waals surface area (Å²) >= 11 is 7.48. The van der Waals surface area contributed by atoms with Gasteiger partial charge in [0.2, 0.25) is 11.7 Å². The molecule has 0 unspecified atom stereocenters. The van der Waals surface area contributed by atoms with Gasteiger partial charge in [-0.15, -0.1) is 10.2 Å². The molecule has 2 aromatic carbocycles. The standard InChI is InChI=1S/C21H20ClN5OS/c1-3-11-27-20(16-6-4-5-14(2)12-16)24-25-21(27)29-13-18-23-19(26-28-18)15-7-9-17(22)10-8-15/h4-10,12H,3,11,13H2,1-2H3. The molecule has 0 atom stereocenters. The number of thioether (sulfide) groups is 1. The molecule has 4 aromatic rings. The van der Waals surface area contributed by atoms with E-state index in [4.69, 9.17) is 16.1 Å². The van der Waals surface area contributed by atoms with E-state index in [9.17, 15) is 0 Å². The molecule has 0 spiro atoms. The van der Waals surface area contributed by atoms with E-state index in [1.165, 1.54) is 5.56 Å². The predicted octanol–water partition coefficient (Wildman–Crippen LogP) is 5.66. The van der Waals surface area contributed by atoms with Crippen LogP contribution >= 0.6 is 23.4 Å². The fourth-order valence-electron chi connectivity index (χ4n) is 2.97. The molecule has 0 N–H and O–H groups in total. The fourth-order valence-corrected chi connectivity index (χ4v) is 3.90. The Morgan fingerprint density at radius 1 is 1.07 bits per heavy atom. The van der Waals surface area contributed by atoms with E-state index < -0.39 is 0 Å². The lowest BCUT2D eigenvalue weighted by molar-refractivity contribution is 0.391. The van der Waals surface area contributed by atoms with Crippen LogP contribution in [-0.4, -0.2) is 24.9 Å². The zero-order valence-corrected chi connectivity index (χ0v) is 17.7. The van der Waals surface area contributed by atoms with Crippen molar-refractivity contribution in [2.45, 2.75) is 37.7 Å². The molecule has 148 valence electrons. The molecule has 0 radical (unpaired) electrons. The minimum atomic E-state index is 0.524. The maximum atomic E-state index is 5.93. The molecule has 0 bridgehead atoms. The maximum Gasteiger partial charge on any atom is 0.237 e. The van der Waals surface area contributed by atoms with E-state index in [2.05, 4.69) is 57.0 Å². The molecular formula is C21H20ClN5OS. The Morgan fingerprint density at radius 3 is 2.66 bits per heavy atom. The molecule has 0 aliphatic rings. The van der Waals surface area contributed by atoms with Gasteiger partial charge in [-0.2, -0.15) is 4.98 Å². The summed E-state index contributed by atoms with van der Waals surface area (Å²) in [4.78, 5) is 4.48. The average Bonchev–Trinajstić information content (AvgIpc) is 3.35. The summed E-state index contributed by atoms with van der Waals surface area (Å²) in [7, 11) is 0. The number of benzene rings is 2. The van der Waals surface area contributed by atoms with Crippen molar-refractivity contribution in [2.24, 2.45) is 0 Å². The Bertz CT molecular complexity index is 1110. The van der Waals surface area contributed by atoms with Crippen LogP contribution in [0.5, 0.6) is 0 Å². The summed E-state index contributed by atoms with van der Waals surface area (Å²) in [5, 5.41) is 14.4. The zero-order valence-electron chi connectivity index (χ0n) is 16.2. The molecule has 0 saturated heterocycles. The molecular weight excluding hydrogens is 406 g/mol. The van der Waals surface area contributed by atoms with Crippen LogP contribution in [0.2, 0.25) is 5.02 Å². The van der Waals surface area contributed by atoms with E-state index in [1.54, 1.807) is 11.8 Å². The molecule has 2 heterocycles. The third-order valence-electron chi connectivity index (χ3n) is 4.34. The van der Waals surface area contributed by atoms with Crippen molar-refractivity contribution in [3.63, 3.8) is 0 Å². The highest BCUT2D eigenvalue weighted by atomic mass is 35.5. The van der Waals surface area contributed by atoms with Gasteiger partial charge in [0.15, 0.2) is 11.0 Å². The Morgan fingerprint density at radius 2 is 1.90 bits per heavy atom. The normalized spacial score (nSPS) is 11.1. The number of aromatic nitrogens is 5. The second-order valence-electron chi connectivity index (χ2n) is 6.63. The topological polar surface area (TPSA) is 69.6 Å². The summed E-state index contributed by atoms with van der Waals surface area (Å²) in [5.41, 5.74) is 3.13. The van der Waals surface area contributed by atoms with Crippen LogP contribution in [0.1, 0.15) is 24.8 Å². The third-order valence-corrected chi connectivity index (χ3v) is 5.54. The molecule has 2 aromatic heterocycles. The van der Waals surface area contributed by atoms with Gasteiger partial charge in [0, 0.05) is 22.7 Å². The van der Waals surface area contributed by atoms with Crippen LogP contribution < -0.4 is 0 Å². The van der Waals surface area contributed by atoms with E-state index in [1.807, 2.05) is 30.3 Å². The molecule has 0 amide bonds. The number of nitrogens with zero attached hydrogens (tertiary/aromatic N) is 5. The quantitative estimate of drug-likeness (QED) is 0.356. The zero-order chi connectivity index (χ0) is 20.2. The lowest BCUT2D eigenvalue weighted by atomic mass is 10.1. The molecule has 4 rings (SSSR count). The monoisotopic (exact) mass is 425 g/mol. The van der Waals surface area contributed by atoms with Gasteiger partial charge >= 0.3 is 0 Å². The largest absolute Gasteiger partial charge is 0.338 e. The number of hydrogen-bond donors (Lipinski definition) is 0. The predicted molar refractivity (Wildman–Crippen MR) is 115 cm³/mol. The van der Waals surface area contributed by atoms with Crippen LogP contribution in [-0.2, 0) is 12.3 Å². The fraction of sp³-hybridized carbons (Fsp3) is 0.238. The lowest BCUT2D eigenvalue weighted by Gasteiger charge is -2.08. The number of halogens is 1. The molecule has 8 heteroatoms. The summed E-state index contributed by atoms with van der Waals surface area (Å²) in [6.07, 6.45) is 0.992. The SMILES string of the molecule is CCCn1c(SCc2nc(-c3ccc(Cl)cc3)no2)nnc1-c1cccc(C)c1. The average molecular weight is 426 g/mol. The Hall–Kier alpha value is -2.64. The van der Waals surface area contributed by atoms with Crippen LogP contribution in [0.3, 0.4) is 0 Å². The highest BCUT2D eigenvalue weighted by molar-refractivity contribution is 7.98. The van der Waals surface area contributed by atoms with E-state index in [0.29, 0.717) is 22.5 Å². The number of rotatable bonds is 7. The van der Waals surface area contributed by atoms with E-state index in [0.717, 1.165) is 35.1 Å². The van der Waals surface area contributed by atoms with Crippen molar-refractivity contribution in [2.75, 3.05) is 0 Å². The Labute approximate surface area is 178 Å². The lowest BCUT2D eigenvalue weighted by Crippen LogP contribution is -2.02. The summed E-state index contributed by atoms with van der Waals surface area (Å²) in [5.74, 6) is 2.50. The molecule has 29 heavy (non-hydrogen) atoms. The Balaban J connectivity index is 1.52. The second kappa shape index (κ2) is 8.80. The van der Waals surface area contributed by atoms with Crippen molar-refractivity contribution in [1.82, 2.24) is 24.9 Å². The van der Waals surface area contributed by atoms with Crippen LogP contribution in [0.4, 0.5) is 0 Å². The van der Waals surface area contributed by atoms with Crippen molar-refractivity contribution in [3.8, 4) is 22.8 Å².